The van der Waals surface area contributed by atoms with Gasteiger partial charge in [-0.25, -0.2) is 4.98 Å². The maximum Gasteiger partial charge on any atom is 0.140 e. The number of imidazole rings is 1. The molecule has 0 atom stereocenters. The Bertz CT molecular complexity index is 518. The van der Waals surface area contributed by atoms with Gasteiger partial charge in [-0.1, -0.05) is 23.8 Å². The van der Waals surface area contributed by atoms with E-state index in [1.807, 2.05) is 17.4 Å². The summed E-state index contributed by atoms with van der Waals surface area (Å²) in [6.07, 6.45) is 3.55. The highest BCUT2D eigenvalue weighted by atomic mass is 35.5. The summed E-state index contributed by atoms with van der Waals surface area (Å²) < 4.78 is 1.83. The van der Waals surface area contributed by atoms with Crippen molar-refractivity contribution in [1.82, 2.24) is 9.38 Å². The van der Waals surface area contributed by atoms with Crippen molar-refractivity contribution in [3.05, 3.63) is 34.7 Å². The van der Waals surface area contributed by atoms with E-state index < -0.39 is 0 Å². The van der Waals surface area contributed by atoms with E-state index in [0.29, 0.717) is 15.7 Å². The fourth-order valence-electron chi connectivity index (χ4n) is 1.34. The predicted molar refractivity (Wildman–Crippen MR) is 60.8 cm³/mol. The Morgan fingerprint density at radius 3 is 2.93 bits per heavy atom. The molecule has 0 aliphatic rings. The highest BCUT2D eigenvalue weighted by Gasteiger charge is 2.06. The monoisotopic (exact) mass is 225 g/mol. The number of nitrogens with zero attached hydrogens (tertiary/aromatic N) is 2. The van der Waals surface area contributed by atoms with Crippen molar-refractivity contribution in [1.29, 1.82) is 0 Å². The summed E-state index contributed by atoms with van der Waals surface area (Å²) in [6.45, 7) is 1.94. The summed E-state index contributed by atoms with van der Waals surface area (Å²) in [5.74, 6) is 0. The first-order valence-electron chi connectivity index (χ1n) is 4.02. The molecule has 2 rings (SSSR count). The Morgan fingerprint density at radius 1 is 1.57 bits per heavy atom. The molecule has 0 spiro atoms. The Morgan fingerprint density at radius 2 is 2.29 bits per heavy atom. The third kappa shape index (κ3) is 1.47. The van der Waals surface area contributed by atoms with Gasteiger partial charge < -0.3 is 10.1 Å². The Labute approximate surface area is 91.5 Å². The highest BCUT2D eigenvalue weighted by molar-refractivity contribution is 7.80. The van der Waals surface area contributed by atoms with Crippen LogP contribution in [0, 0.1) is 6.92 Å². The molecule has 0 aromatic carbocycles. The van der Waals surface area contributed by atoms with E-state index in [0.717, 1.165) is 11.2 Å². The molecule has 0 radical (unpaired) electrons. The lowest BCUT2D eigenvalue weighted by atomic mass is 10.3. The molecule has 72 valence electrons. The summed E-state index contributed by atoms with van der Waals surface area (Å²) in [7, 11) is 0. The third-order valence-corrected chi connectivity index (χ3v) is 2.37. The zero-order chi connectivity index (χ0) is 10.3. The fourth-order valence-corrected chi connectivity index (χ4v) is 1.71. The molecule has 0 bridgehead atoms. The molecule has 0 saturated carbocycles. The van der Waals surface area contributed by atoms with Gasteiger partial charge in [0.2, 0.25) is 0 Å². The molecule has 0 aliphatic heterocycles. The summed E-state index contributed by atoms with van der Waals surface area (Å²) >= 11 is 10.7. The van der Waals surface area contributed by atoms with Gasteiger partial charge in [0, 0.05) is 12.4 Å². The Hall–Kier alpha value is -1.13. The molecule has 0 unspecified atom stereocenters. The predicted octanol–water partition coefficient (Wildman–Crippen LogP) is 1.93. The minimum atomic E-state index is 0.296. The van der Waals surface area contributed by atoms with Crippen LogP contribution in [0.5, 0.6) is 0 Å². The van der Waals surface area contributed by atoms with Gasteiger partial charge in [-0.05, 0) is 18.6 Å². The van der Waals surface area contributed by atoms with Crippen LogP contribution in [-0.2, 0) is 0 Å². The van der Waals surface area contributed by atoms with E-state index in [1.165, 1.54) is 0 Å². The highest BCUT2D eigenvalue weighted by Crippen LogP contribution is 2.16. The average Bonchev–Trinajstić information content (AvgIpc) is 2.47. The molecule has 14 heavy (non-hydrogen) atoms. The first-order chi connectivity index (χ1) is 6.58. The van der Waals surface area contributed by atoms with Crippen LogP contribution in [0.1, 0.15) is 11.3 Å². The van der Waals surface area contributed by atoms with Crippen LogP contribution in [0.3, 0.4) is 0 Å². The van der Waals surface area contributed by atoms with E-state index in [9.17, 15) is 0 Å². The van der Waals surface area contributed by atoms with Crippen LogP contribution in [0.2, 0.25) is 5.02 Å². The van der Waals surface area contributed by atoms with E-state index in [1.54, 1.807) is 12.4 Å². The van der Waals surface area contributed by atoms with Crippen molar-refractivity contribution < 1.29 is 0 Å². The first-order valence-corrected chi connectivity index (χ1v) is 4.81. The van der Waals surface area contributed by atoms with E-state index in [-0.39, 0.29) is 0 Å². The smallest absolute Gasteiger partial charge is 0.140 e. The van der Waals surface area contributed by atoms with Crippen LogP contribution in [0.15, 0.2) is 18.5 Å². The van der Waals surface area contributed by atoms with Crippen molar-refractivity contribution in [2.24, 2.45) is 5.73 Å². The fraction of sp³-hybridized carbons (Fsp3) is 0.111. The zero-order valence-corrected chi connectivity index (χ0v) is 9.06. The van der Waals surface area contributed by atoms with Gasteiger partial charge >= 0.3 is 0 Å². The van der Waals surface area contributed by atoms with Gasteiger partial charge in [-0.3, -0.25) is 0 Å². The second-order valence-corrected chi connectivity index (χ2v) is 3.94. The van der Waals surface area contributed by atoms with Crippen molar-refractivity contribution in [3.8, 4) is 0 Å². The molecule has 0 saturated heterocycles. The second-order valence-electron chi connectivity index (χ2n) is 3.06. The third-order valence-electron chi connectivity index (χ3n) is 1.95. The van der Waals surface area contributed by atoms with Gasteiger partial charge in [0.25, 0.3) is 0 Å². The van der Waals surface area contributed by atoms with Crippen molar-refractivity contribution in [2.75, 3.05) is 0 Å². The summed E-state index contributed by atoms with van der Waals surface area (Å²) in [5, 5.41) is 0.668. The Balaban J connectivity index is 2.76. The van der Waals surface area contributed by atoms with Crippen LogP contribution >= 0.6 is 23.8 Å². The SMILES string of the molecule is Cc1cc(Cl)cn2cc(C(N)=S)nc12. The average molecular weight is 226 g/mol. The maximum absolute atomic E-state index is 5.90. The molecule has 0 amide bonds. The quantitative estimate of drug-likeness (QED) is 0.755. The number of hydrogen-bond donors (Lipinski definition) is 1. The van der Waals surface area contributed by atoms with Crippen LogP contribution in [0.4, 0.5) is 0 Å². The molecule has 2 aromatic rings. The zero-order valence-electron chi connectivity index (χ0n) is 7.49. The number of nitrogens with two attached hydrogens (primary N) is 1. The van der Waals surface area contributed by atoms with Crippen molar-refractivity contribution in [2.45, 2.75) is 6.92 Å². The molecule has 3 nitrogen and oxygen atoms in total. The minimum Gasteiger partial charge on any atom is -0.388 e. The topological polar surface area (TPSA) is 43.3 Å². The molecule has 2 aromatic heterocycles. The number of pyridine rings is 1. The number of thiocarbonyl (C=S) groups is 1. The summed E-state index contributed by atoms with van der Waals surface area (Å²) in [4.78, 5) is 4.59. The number of aromatic nitrogens is 2. The van der Waals surface area contributed by atoms with Crippen LogP contribution in [0.25, 0.3) is 5.65 Å². The van der Waals surface area contributed by atoms with Gasteiger partial charge in [-0.15, -0.1) is 0 Å². The van der Waals surface area contributed by atoms with Crippen molar-refractivity contribution >= 4 is 34.5 Å². The molecular weight excluding hydrogens is 218 g/mol. The molecule has 5 heteroatoms. The largest absolute Gasteiger partial charge is 0.388 e. The summed E-state index contributed by atoms with van der Waals surface area (Å²) in [6, 6.07) is 1.85. The second kappa shape index (κ2) is 3.22. The number of halogens is 1. The Kier molecular flexibility index (Phi) is 2.17. The molecule has 2 heterocycles. The molecule has 2 N–H and O–H groups in total. The lowest BCUT2D eigenvalue weighted by molar-refractivity contribution is 1.16. The van der Waals surface area contributed by atoms with Crippen LogP contribution in [-0.4, -0.2) is 14.4 Å². The normalized spacial score (nSPS) is 10.7. The first kappa shape index (κ1) is 9.43. The lowest BCUT2D eigenvalue weighted by Gasteiger charge is -1.97. The maximum atomic E-state index is 5.90. The van der Waals surface area contributed by atoms with Gasteiger partial charge in [0.05, 0.1) is 5.02 Å². The van der Waals surface area contributed by atoms with Crippen LogP contribution < -0.4 is 5.73 Å². The number of aryl methyl sites for hydroxylation is 1. The van der Waals surface area contributed by atoms with Gasteiger partial charge in [0.15, 0.2) is 0 Å². The van der Waals surface area contributed by atoms with Gasteiger partial charge in [-0.2, -0.15) is 0 Å². The summed E-state index contributed by atoms with van der Waals surface area (Å²) in [5.41, 5.74) is 7.94. The van der Waals surface area contributed by atoms with Gasteiger partial charge in [0.1, 0.15) is 16.3 Å². The standard InChI is InChI=1S/C9H8ClN3S/c1-5-2-6(10)3-13-4-7(8(11)14)12-9(5)13/h2-4H,1H3,(H2,11,14). The number of hydrogen-bond acceptors (Lipinski definition) is 2. The van der Waals surface area contributed by atoms with E-state index in [4.69, 9.17) is 29.6 Å². The lowest BCUT2D eigenvalue weighted by Crippen LogP contribution is -2.09. The molecule has 0 fully saturated rings. The number of fused-ring (bicyclic) bond motifs is 1. The molecular formula is C9H8ClN3S. The molecule has 0 aliphatic carbocycles. The number of rotatable bonds is 1. The van der Waals surface area contributed by atoms with Crippen molar-refractivity contribution in [3.63, 3.8) is 0 Å². The van der Waals surface area contributed by atoms with E-state index >= 15 is 0 Å². The minimum absolute atomic E-state index is 0.296. The van der Waals surface area contributed by atoms with E-state index in [2.05, 4.69) is 4.98 Å².